The van der Waals surface area contributed by atoms with Gasteiger partial charge in [0.1, 0.15) is 5.60 Å². The summed E-state index contributed by atoms with van der Waals surface area (Å²) in [6, 6.07) is 0. The first-order chi connectivity index (χ1) is 6.58. The predicted molar refractivity (Wildman–Crippen MR) is 54.1 cm³/mol. The van der Waals surface area contributed by atoms with E-state index in [0.717, 1.165) is 19.3 Å². The third-order valence-electron chi connectivity index (χ3n) is 2.39. The van der Waals surface area contributed by atoms with Crippen molar-refractivity contribution in [1.82, 2.24) is 0 Å². The summed E-state index contributed by atoms with van der Waals surface area (Å²) >= 11 is 0. The fraction of sp³-hybridized carbons (Fsp3) is 0.727. The lowest BCUT2D eigenvalue weighted by molar-refractivity contribution is -0.0511. The zero-order chi connectivity index (χ0) is 10.6. The quantitative estimate of drug-likeness (QED) is 0.514. The van der Waals surface area contributed by atoms with Gasteiger partial charge in [0.05, 0.1) is 6.61 Å². The van der Waals surface area contributed by atoms with E-state index in [9.17, 15) is 4.79 Å². The van der Waals surface area contributed by atoms with Gasteiger partial charge in [0.25, 0.3) is 0 Å². The van der Waals surface area contributed by atoms with E-state index in [4.69, 9.17) is 9.47 Å². The lowest BCUT2D eigenvalue weighted by Gasteiger charge is -2.37. The van der Waals surface area contributed by atoms with Gasteiger partial charge in [-0.2, -0.15) is 0 Å². The van der Waals surface area contributed by atoms with Crippen LogP contribution in [-0.2, 0) is 9.47 Å². The molecule has 0 heterocycles. The van der Waals surface area contributed by atoms with E-state index < -0.39 is 11.8 Å². The van der Waals surface area contributed by atoms with Crippen molar-refractivity contribution < 1.29 is 14.3 Å². The van der Waals surface area contributed by atoms with E-state index in [0.29, 0.717) is 12.5 Å². The Morgan fingerprint density at radius 2 is 2.21 bits per heavy atom. The molecule has 1 aliphatic carbocycles. The molecule has 1 rings (SSSR count). The molecule has 0 N–H and O–H groups in total. The zero-order valence-electron chi connectivity index (χ0n) is 8.91. The molecule has 80 valence electrons. The molecule has 0 atom stereocenters. The van der Waals surface area contributed by atoms with Crippen LogP contribution in [0.15, 0.2) is 12.7 Å². The molecule has 0 spiro atoms. The van der Waals surface area contributed by atoms with Crippen LogP contribution in [0.4, 0.5) is 4.79 Å². The number of hydrogen-bond donors (Lipinski definition) is 0. The first-order valence-corrected chi connectivity index (χ1v) is 5.07. The Bertz CT molecular complexity index is 217. The molecule has 0 aliphatic heterocycles. The van der Waals surface area contributed by atoms with Crippen molar-refractivity contribution in [1.29, 1.82) is 0 Å². The first-order valence-electron chi connectivity index (χ1n) is 5.07. The van der Waals surface area contributed by atoms with Crippen LogP contribution in [0.3, 0.4) is 0 Å². The molecule has 0 aromatic rings. The molecule has 0 aromatic carbocycles. The summed E-state index contributed by atoms with van der Waals surface area (Å²) in [5, 5.41) is 0. The van der Waals surface area contributed by atoms with E-state index in [2.05, 4.69) is 6.58 Å². The molecule has 0 amide bonds. The monoisotopic (exact) mass is 198 g/mol. The van der Waals surface area contributed by atoms with Gasteiger partial charge in [-0.05, 0) is 31.3 Å². The number of carbonyl (C=O) groups excluding carboxylic acids is 1. The summed E-state index contributed by atoms with van der Waals surface area (Å²) in [6.07, 6.45) is 3.95. The van der Waals surface area contributed by atoms with Crippen molar-refractivity contribution in [2.75, 3.05) is 6.61 Å². The van der Waals surface area contributed by atoms with E-state index in [1.807, 2.05) is 13.8 Å². The van der Waals surface area contributed by atoms with E-state index in [1.54, 1.807) is 6.08 Å². The van der Waals surface area contributed by atoms with Crippen molar-refractivity contribution in [2.45, 2.75) is 38.7 Å². The smallest absolute Gasteiger partial charge is 0.434 e. The molecular weight excluding hydrogens is 180 g/mol. The van der Waals surface area contributed by atoms with Crippen molar-refractivity contribution in [2.24, 2.45) is 5.92 Å². The summed E-state index contributed by atoms with van der Waals surface area (Å²) in [5.41, 5.74) is -0.436. The molecule has 14 heavy (non-hydrogen) atoms. The Morgan fingerprint density at radius 1 is 1.57 bits per heavy atom. The lowest BCUT2D eigenvalue weighted by Crippen LogP contribution is -2.40. The minimum Gasteiger partial charge on any atom is -0.434 e. The molecule has 3 heteroatoms. The van der Waals surface area contributed by atoms with Crippen LogP contribution in [0.1, 0.15) is 33.1 Å². The SMILES string of the molecule is C=CC1(OC(=O)OCC(C)C)CCC1. The van der Waals surface area contributed by atoms with Crippen LogP contribution in [0.5, 0.6) is 0 Å². The maximum absolute atomic E-state index is 11.2. The molecule has 0 saturated heterocycles. The molecule has 0 unspecified atom stereocenters. The van der Waals surface area contributed by atoms with Gasteiger partial charge in [0, 0.05) is 0 Å². The Morgan fingerprint density at radius 3 is 2.57 bits per heavy atom. The van der Waals surface area contributed by atoms with Crippen LogP contribution in [0.2, 0.25) is 0 Å². The second kappa shape index (κ2) is 4.49. The highest BCUT2D eigenvalue weighted by Crippen LogP contribution is 2.36. The Balaban J connectivity index is 2.29. The molecular formula is C11H18O3. The van der Waals surface area contributed by atoms with Gasteiger partial charge in [0.2, 0.25) is 0 Å². The van der Waals surface area contributed by atoms with Gasteiger partial charge in [-0.1, -0.05) is 20.4 Å². The summed E-state index contributed by atoms with van der Waals surface area (Å²) in [4.78, 5) is 11.2. The third kappa shape index (κ3) is 2.76. The Labute approximate surface area is 85.1 Å². The largest absolute Gasteiger partial charge is 0.509 e. The van der Waals surface area contributed by atoms with Crippen LogP contribution in [0.25, 0.3) is 0 Å². The lowest BCUT2D eigenvalue weighted by atomic mass is 9.80. The second-order valence-corrected chi connectivity index (χ2v) is 4.18. The van der Waals surface area contributed by atoms with Gasteiger partial charge >= 0.3 is 6.16 Å². The summed E-state index contributed by atoms with van der Waals surface area (Å²) in [7, 11) is 0. The average Bonchev–Trinajstić information content (AvgIpc) is 2.08. The number of rotatable bonds is 4. The van der Waals surface area contributed by atoms with Gasteiger partial charge in [-0.3, -0.25) is 0 Å². The normalized spacial score (nSPS) is 18.5. The highest BCUT2D eigenvalue weighted by Gasteiger charge is 2.38. The molecule has 0 aromatic heterocycles. The van der Waals surface area contributed by atoms with E-state index in [-0.39, 0.29) is 0 Å². The van der Waals surface area contributed by atoms with Gasteiger partial charge < -0.3 is 9.47 Å². The number of ether oxygens (including phenoxy) is 2. The van der Waals surface area contributed by atoms with Gasteiger partial charge in [0.15, 0.2) is 0 Å². The average molecular weight is 198 g/mol. The Kier molecular flexibility index (Phi) is 3.55. The van der Waals surface area contributed by atoms with Gasteiger partial charge in [-0.15, -0.1) is 0 Å². The summed E-state index contributed by atoms with van der Waals surface area (Å²) in [6.45, 7) is 8.05. The second-order valence-electron chi connectivity index (χ2n) is 4.18. The number of carbonyl (C=O) groups is 1. The van der Waals surface area contributed by atoms with Crippen molar-refractivity contribution in [3.05, 3.63) is 12.7 Å². The third-order valence-corrected chi connectivity index (χ3v) is 2.39. The fourth-order valence-corrected chi connectivity index (χ4v) is 1.30. The molecule has 0 radical (unpaired) electrons. The molecule has 1 aliphatic rings. The van der Waals surface area contributed by atoms with E-state index >= 15 is 0 Å². The summed E-state index contributed by atoms with van der Waals surface area (Å²) in [5.74, 6) is 0.337. The van der Waals surface area contributed by atoms with Crippen molar-refractivity contribution in [3.63, 3.8) is 0 Å². The van der Waals surface area contributed by atoms with Crippen LogP contribution in [-0.4, -0.2) is 18.4 Å². The topological polar surface area (TPSA) is 35.5 Å². The van der Waals surface area contributed by atoms with Crippen molar-refractivity contribution in [3.8, 4) is 0 Å². The fourth-order valence-electron chi connectivity index (χ4n) is 1.30. The molecule has 0 bridgehead atoms. The standard InChI is InChI=1S/C11H18O3/c1-4-11(6-5-7-11)14-10(12)13-8-9(2)3/h4,9H,1,5-8H2,2-3H3. The van der Waals surface area contributed by atoms with Gasteiger partial charge in [-0.25, -0.2) is 4.79 Å². The molecule has 1 fully saturated rings. The molecule has 1 saturated carbocycles. The zero-order valence-corrected chi connectivity index (χ0v) is 8.91. The maximum atomic E-state index is 11.2. The highest BCUT2D eigenvalue weighted by molar-refractivity contribution is 5.61. The Hall–Kier alpha value is -0.990. The van der Waals surface area contributed by atoms with Crippen LogP contribution < -0.4 is 0 Å². The minimum absolute atomic E-state index is 0.337. The highest BCUT2D eigenvalue weighted by atomic mass is 16.7. The summed E-state index contributed by atoms with van der Waals surface area (Å²) < 4.78 is 10.1. The predicted octanol–water partition coefficient (Wildman–Crippen LogP) is 2.90. The van der Waals surface area contributed by atoms with Crippen LogP contribution >= 0.6 is 0 Å². The molecule has 3 nitrogen and oxygen atoms in total. The minimum atomic E-state index is -0.571. The maximum Gasteiger partial charge on any atom is 0.509 e. The van der Waals surface area contributed by atoms with E-state index in [1.165, 1.54) is 0 Å². The number of hydrogen-bond acceptors (Lipinski definition) is 3. The van der Waals surface area contributed by atoms with Crippen LogP contribution in [0, 0.1) is 5.92 Å². The van der Waals surface area contributed by atoms with Crippen molar-refractivity contribution >= 4 is 6.16 Å². The first kappa shape index (κ1) is 11.1.